The number of benzene rings is 1. The van der Waals surface area contributed by atoms with Gasteiger partial charge in [0.25, 0.3) is 0 Å². The van der Waals surface area contributed by atoms with Gasteiger partial charge in [-0.15, -0.1) is 0 Å². The van der Waals surface area contributed by atoms with Crippen molar-refractivity contribution in [3.05, 3.63) is 34.9 Å². The van der Waals surface area contributed by atoms with E-state index in [9.17, 15) is 14.7 Å². The molecule has 0 bridgehead atoms. The van der Waals surface area contributed by atoms with Gasteiger partial charge < -0.3 is 5.11 Å². The molecule has 0 aromatic heterocycles. The standard InChI is InChI=1S/C16H20O3/c1-10-6-5-7-11(2)14(10)15(17)12-8-3-4-9-13(12)16(18)19/h5-7,12-13H,3-4,8-9H2,1-2H3,(H,18,19)/t12-,13-/m1/s1. The van der Waals surface area contributed by atoms with Crippen LogP contribution in [0.3, 0.4) is 0 Å². The van der Waals surface area contributed by atoms with Crippen LogP contribution in [0.25, 0.3) is 0 Å². The van der Waals surface area contributed by atoms with Crippen molar-refractivity contribution in [2.24, 2.45) is 11.8 Å². The Morgan fingerprint density at radius 3 is 2.11 bits per heavy atom. The molecule has 1 aromatic carbocycles. The Hall–Kier alpha value is -1.64. The van der Waals surface area contributed by atoms with Gasteiger partial charge in [0, 0.05) is 11.5 Å². The van der Waals surface area contributed by atoms with E-state index in [2.05, 4.69) is 0 Å². The summed E-state index contributed by atoms with van der Waals surface area (Å²) in [5, 5.41) is 9.29. The van der Waals surface area contributed by atoms with Gasteiger partial charge in [-0.3, -0.25) is 9.59 Å². The Bertz CT molecular complexity index is 484. The molecule has 2 atom stereocenters. The highest BCUT2D eigenvalue weighted by Gasteiger charge is 2.36. The minimum atomic E-state index is -0.829. The van der Waals surface area contributed by atoms with Crippen LogP contribution in [0.1, 0.15) is 47.2 Å². The first-order chi connectivity index (χ1) is 9.02. The molecule has 1 aromatic rings. The topological polar surface area (TPSA) is 54.4 Å². The summed E-state index contributed by atoms with van der Waals surface area (Å²) in [6.07, 6.45) is 3.18. The SMILES string of the molecule is Cc1cccc(C)c1C(=O)[C@@H]1CCCC[C@H]1C(=O)O. The number of carbonyl (C=O) groups excluding carboxylic acids is 1. The molecule has 0 saturated heterocycles. The van der Waals surface area contributed by atoms with Crippen molar-refractivity contribution in [3.8, 4) is 0 Å². The predicted octanol–water partition coefficient (Wildman–Crippen LogP) is 3.38. The summed E-state index contributed by atoms with van der Waals surface area (Å²) in [5.41, 5.74) is 2.61. The summed E-state index contributed by atoms with van der Waals surface area (Å²) in [6, 6.07) is 5.76. The van der Waals surface area contributed by atoms with Crippen LogP contribution in [0.5, 0.6) is 0 Å². The number of hydrogen-bond donors (Lipinski definition) is 1. The van der Waals surface area contributed by atoms with Crippen molar-refractivity contribution in [2.45, 2.75) is 39.5 Å². The zero-order valence-electron chi connectivity index (χ0n) is 11.5. The minimum Gasteiger partial charge on any atom is -0.481 e. The van der Waals surface area contributed by atoms with Gasteiger partial charge in [0.1, 0.15) is 0 Å². The number of rotatable bonds is 3. The number of carbonyl (C=O) groups is 2. The van der Waals surface area contributed by atoms with Gasteiger partial charge >= 0.3 is 5.97 Å². The molecular weight excluding hydrogens is 240 g/mol. The number of carboxylic acids is 1. The second-order valence-electron chi connectivity index (χ2n) is 5.47. The van der Waals surface area contributed by atoms with Crippen LogP contribution >= 0.6 is 0 Å². The molecule has 0 aliphatic heterocycles. The largest absolute Gasteiger partial charge is 0.481 e. The quantitative estimate of drug-likeness (QED) is 0.848. The summed E-state index contributed by atoms with van der Waals surface area (Å²) < 4.78 is 0. The number of carboxylic acid groups (broad SMARTS) is 1. The zero-order valence-corrected chi connectivity index (χ0v) is 11.5. The Morgan fingerprint density at radius 1 is 1.05 bits per heavy atom. The van der Waals surface area contributed by atoms with E-state index < -0.39 is 11.9 Å². The van der Waals surface area contributed by atoms with E-state index in [1.165, 1.54) is 0 Å². The molecule has 19 heavy (non-hydrogen) atoms. The molecule has 2 rings (SSSR count). The van der Waals surface area contributed by atoms with E-state index in [-0.39, 0.29) is 11.7 Å². The van der Waals surface area contributed by atoms with Gasteiger partial charge in [-0.05, 0) is 37.8 Å². The lowest BCUT2D eigenvalue weighted by molar-refractivity contribution is -0.144. The molecule has 0 unspecified atom stereocenters. The first-order valence-corrected chi connectivity index (χ1v) is 6.85. The van der Waals surface area contributed by atoms with E-state index in [1.54, 1.807) is 0 Å². The molecule has 0 spiro atoms. The van der Waals surface area contributed by atoms with Crippen LogP contribution in [0.15, 0.2) is 18.2 Å². The highest BCUT2D eigenvalue weighted by Crippen LogP contribution is 2.34. The number of aliphatic carboxylic acids is 1. The molecule has 1 N–H and O–H groups in total. The van der Waals surface area contributed by atoms with Crippen LogP contribution in [-0.4, -0.2) is 16.9 Å². The van der Waals surface area contributed by atoms with Crippen molar-refractivity contribution in [1.29, 1.82) is 0 Å². The Labute approximate surface area is 113 Å². The van der Waals surface area contributed by atoms with Crippen LogP contribution in [-0.2, 0) is 4.79 Å². The maximum atomic E-state index is 12.7. The molecule has 102 valence electrons. The fraction of sp³-hybridized carbons (Fsp3) is 0.500. The van der Waals surface area contributed by atoms with Crippen molar-refractivity contribution in [2.75, 3.05) is 0 Å². The molecule has 1 fully saturated rings. The molecule has 1 saturated carbocycles. The number of aryl methyl sites for hydroxylation is 2. The fourth-order valence-electron chi connectivity index (χ4n) is 3.13. The second-order valence-corrected chi connectivity index (χ2v) is 5.47. The van der Waals surface area contributed by atoms with Crippen LogP contribution in [0.2, 0.25) is 0 Å². The van der Waals surface area contributed by atoms with Gasteiger partial charge in [0.15, 0.2) is 5.78 Å². The van der Waals surface area contributed by atoms with E-state index in [0.717, 1.165) is 29.5 Å². The highest BCUT2D eigenvalue weighted by molar-refractivity contribution is 6.02. The smallest absolute Gasteiger partial charge is 0.307 e. The molecule has 0 heterocycles. The highest BCUT2D eigenvalue weighted by atomic mass is 16.4. The fourth-order valence-corrected chi connectivity index (χ4v) is 3.13. The molecule has 3 heteroatoms. The summed E-state index contributed by atoms with van der Waals surface area (Å²) in [6.45, 7) is 3.83. The molecule has 0 amide bonds. The first kappa shape index (κ1) is 13.8. The lowest BCUT2D eigenvalue weighted by Gasteiger charge is -2.28. The summed E-state index contributed by atoms with van der Waals surface area (Å²) in [7, 11) is 0. The van der Waals surface area contributed by atoms with Crippen molar-refractivity contribution >= 4 is 11.8 Å². The second kappa shape index (κ2) is 5.55. The molecule has 3 nitrogen and oxygen atoms in total. The van der Waals surface area contributed by atoms with Gasteiger partial charge in [0.05, 0.1) is 5.92 Å². The number of ketones is 1. The van der Waals surface area contributed by atoms with E-state index in [0.29, 0.717) is 12.8 Å². The van der Waals surface area contributed by atoms with Gasteiger partial charge in [0.2, 0.25) is 0 Å². The van der Waals surface area contributed by atoms with Gasteiger partial charge in [-0.2, -0.15) is 0 Å². The lowest BCUT2D eigenvalue weighted by atomic mass is 9.74. The van der Waals surface area contributed by atoms with Crippen LogP contribution < -0.4 is 0 Å². The number of hydrogen-bond acceptors (Lipinski definition) is 2. The molecule has 1 aliphatic carbocycles. The molecule has 1 aliphatic rings. The normalized spacial score (nSPS) is 23.1. The van der Waals surface area contributed by atoms with Crippen LogP contribution in [0.4, 0.5) is 0 Å². The van der Waals surface area contributed by atoms with Gasteiger partial charge in [-0.1, -0.05) is 31.0 Å². The molecule has 0 radical (unpaired) electrons. The predicted molar refractivity (Wildman–Crippen MR) is 73.3 cm³/mol. The Kier molecular flexibility index (Phi) is 4.03. The minimum absolute atomic E-state index is 0.0164. The summed E-state index contributed by atoms with van der Waals surface area (Å²) in [4.78, 5) is 24.0. The number of Topliss-reactive ketones (excluding diaryl/α,β-unsaturated/α-hetero) is 1. The Balaban J connectivity index is 2.34. The lowest BCUT2D eigenvalue weighted by Crippen LogP contribution is -2.33. The third-order valence-electron chi connectivity index (χ3n) is 4.15. The maximum absolute atomic E-state index is 12.7. The van der Waals surface area contributed by atoms with E-state index in [4.69, 9.17) is 0 Å². The third-order valence-corrected chi connectivity index (χ3v) is 4.15. The monoisotopic (exact) mass is 260 g/mol. The van der Waals surface area contributed by atoms with Crippen molar-refractivity contribution in [1.82, 2.24) is 0 Å². The van der Waals surface area contributed by atoms with Crippen LogP contribution in [0, 0.1) is 25.7 Å². The average Bonchev–Trinajstić information content (AvgIpc) is 2.38. The third kappa shape index (κ3) is 2.70. The molecular formula is C16H20O3. The van der Waals surface area contributed by atoms with E-state index in [1.807, 2.05) is 32.0 Å². The van der Waals surface area contributed by atoms with Gasteiger partial charge in [-0.25, -0.2) is 0 Å². The van der Waals surface area contributed by atoms with E-state index >= 15 is 0 Å². The Morgan fingerprint density at radius 2 is 1.58 bits per heavy atom. The maximum Gasteiger partial charge on any atom is 0.307 e. The zero-order chi connectivity index (χ0) is 14.0. The average molecular weight is 260 g/mol. The first-order valence-electron chi connectivity index (χ1n) is 6.85. The summed E-state index contributed by atoms with van der Waals surface area (Å²) in [5.74, 6) is -1.68. The van der Waals surface area contributed by atoms with Crippen molar-refractivity contribution in [3.63, 3.8) is 0 Å². The van der Waals surface area contributed by atoms with Crippen molar-refractivity contribution < 1.29 is 14.7 Å². The summed E-state index contributed by atoms with van der Waals surface area (Å²) >= 11 is 0.